The number of hydrogen-bond donors (Lipinski definition) is 2. The predicted octanol–water partition coefficient (Wildman–Crippen LogP) is 3.70. The minimum Gasteiger partial charge on any atom is -0.308 e. The van der Waals surface area contributed by atoms with Gasteiger partial charge in [-0.15, -0.1) is 0 Å². The molecule has 1 aliphatic rings. The number of H-pyrrole nitrogens is 1. The van der Waals surface area contributed by atoms with E-state index in [0.717, 1.165) is 39.7 Å². The fourth-order valence-electron chi connectivity index (χ4n) is 4.08. The Kier molecular flexibility index (Phi) is 4.95. The lowest BCUT2D eigenvalue weighted by Crippen LogP contribution is -2.03. The highest BCUT2D eigenvalue weighted by molar-refractivity contribution is 7.90. The topological polar surface area (TPSA) is 123 Å². The smallest absolute Gasteiger partial charge is 0.215 e. The van der Waals surface area contributed by atoms with Crippen molar-refractivity contribution in [3.63, 3.8) is 0 Å². The molecule has 0 saturated heterocycles. The van der Waals surface area contributed by atoms with Crippen molar-refractivity contribution in [2.45, 2.75) is 37.1 Å². The van der Waals surface area contributed by atoms with Crippen molar-refractivity contribution in [2.75, 3.05) is 11.6 Å². The number of nitrogens with zero attached hydrogens (tertiary/aromatic N) is 6. The second kappa shape index (κ2) is 8.05. The first-order chi connectivity index (χ1) is 16.8. The fraction of sp³-hybridized carbons (Fsp3) is 0.250. The lowest BCUT2D eigenvalue weighted by molar-refractivity contribution is 0.601. The van der Waals surface area contributed by atoms with E-state index in [1.807, 2.05) is 35.9 Å². The molecule has 2 N–H and O–H groups in total. The number of aromatic nitrogens is 7. The molecule has 5 aromatic rings. The zero-order valence-corrected chi connectivity index (χ0v) is 20.1. The number of hydrogen-bond acceptors (Lipinski definition) is 7. The highest BCUT2D eigenvalue weighted by atomic mass is 32.2. The monoisotopic (exact) mass is 488 g/mol. The Morgan fingerprint density at radius 3 is 2.66 bits per heavy atom. The number of aryl methyl sites for hydroxylation is 1. The lowest BCUT2D eigenvalue weighted by atomic mass is 10.2. The zero-order chi connectivity index (χ0) is 24.2. The minimum atomic E-state index is -3.22. The van der Waals surface area contributed by atoms with E-state index in [1.54, 1.807) is 35.1 Å². The highest BCUT2D eigenvalue weighted by Crippen LogP contribution is 2.39. The summed E-state index contributed by atoms with van der Waals surface area (Å²) in [5.41, 5.74) is 5.35. The number of fused-ring (bicyclic) bond motifs is 1. The lowest BCUT2D eigenvalue weighted by Gasteiger charge is -2.08. The van der Waals surface area contributed by atoms with Crippen LogP contribution in [0.2, 0.25) is 0 Å². The van der Waals surface area contributed by atoms with Crippen LogP contribution in [-0.2, 0) is 16.4 Å². The number of anilines is 2. The number of benzene rings is 1. The van der Waals surface area contributed by atoms with Crippen LogP contribution in [-0.4, -0.2) is 49.0 Å². The van der Waals surface area contributed by atoms with Crippen molar-refractivity contribution in [3.8, 4) is 11.3 Å². The molecule has 10 nitrogen and oxygen atoms in total. The molecule has 0 radical (unpaired) electrons. The van der Waals surface area contributed by atoms with Gasteiger partial charge in [0.05, 0.1) is 29.0 Å². The van der Waals surface area contributed by atoms with Gasteiger partial charge in [-0.25, -0.2) is 18.4 Å². The Balaban J connectivity index is 1.28. The van der Waals surface area contributed by atoms with E-state index in [-0.39, 0.29) is 0 Å². The molecule has 0 aliphatic heterocycles. The molecule has 0 atom stereocenters. The van der Waals surface area contributed by atoms with Gasteiger partial charge in [0.15, 0.2) is 15.7 Å². The third-order valence-corrected chi connectivity index (χ3v) is 7.18. The molecule has 4 heterocycles. The number of aromatic amines is 1. The number of imidazole rings is 1. The number of sulfone groups is 1. The molecule has 0 spiro atoms. The van der Waals surface area contributed by atoms with Gasteiger partial charge in [-0.3, -0.25) is 14.2 Å². The normalized spacial score (nSPS) is 14.0. The maximum absolute atomic E-state index is 11.7. The quantitative estimate of drug-likeness (QED) is 0.358. The molecule has 1 aromatic carbocycles. The van der Waals surface area contributed by atoms with Crippen LogP contribution >= 0.6 is 0 Å². The van der Waals surface area contributed by atoms with Gasteiger partial charge < -0.3 is 5.32 Å². The summed E-state index contributed by atoms with van der Waals surface area (Å²) >= 11 is 0. The number of nitrogens with one attached hydrogen (secondary N) is 2. The SMILES string of the molecule is Cc1cn2c(Nc3cc(C4CC4)[nH]n3)nc(-c3cnn(Cc4ccc(S(C)(=O)=O)cc4)c3)cc2n1. The van der Waals surface area contributed by atoms with Gasteiger partial charge in [0.2, 0.25) is 5.95 Å². The summed E-state index contributed by atoms with van der Waals surface area (Å²) in [7, 11) is -3.22. The molecule has 6 rings (SSSR count). The van der Waals surface area contributed by atoms with E-state index in [1.165, 1.54) is 19.1 Å². The first-order valence-electron chi connectivity index (χ1n) is 11.3. The van der Waals surface area contributed by atoms with Crippen LogP contribution in [0.3, 0.4) is 0 Å². The van der Waals surface area contributed by atoms with Crippen molar-refractivity contribution in [1.82, 2.24) is 34.3 Å². The van der Waals surface area contributed by atoms with Gasteiger partial charge in [-0.1, -0.05) is 12.1 Å². The van der Waals surface area contributed by atoms with Crippen LogP contribution in [0.1, 0.15) is 35.7 Å². The van der Waals surface area contributed by atoms with Gasteiger partial charge in [0.25, 0.3) is 0 Å². The second-order valence-corrected chi connectivity index (χ2v) is 11.0. The van der Waals surface area contributed by atoms with Gasteiger partial charge in [-0.05, 0) is 37.5 Å². The Morgan fingerprint density at radius 2 is 1.91 bits per heavy atom. The predicted molar refractivity (Wildman–Crippen MR) is 131 cm³/mol. The van der Waals surface area contributed by atoms with Gasteiger partial charge in [0.1, 0.15) is 5.65 Å². The van der Waals surface area contributed by atoms with Gasteiger partial charge in [-0.2, -0.15) is 10.2 Å². The van der Waals surface area contributed by atoms with E-state index >= 15 is 0 Å². The zero-order valence-electron chi connectivity index (χ0n) is 19.3. The van der Waals surface area contributed by atoms with E-state index in [2.05, 4.69) is 25.6 Å². The van der Waals surface area contributed by atoms with Crippen molar-refractivity contribution in [1.29, 1.82) is 0 Å². The standard InChI is InChI=1S/C24H24N8O2S/c1-15-12-32-23(26-15)10-20(27-24(32)28-22-9-21(29-30-22)17-5-6-17)18-11-25-31(14-18)13-16-3-7-19(8-4-16)35(2,33)34/h3-4,7-12,14,17H,5-6,13H2,1-2H3,(H2,27,28,29,30). The first kappa shape index (κ1) is 21.5. The summed E-state index contributed by atoms with van der Waals surface area (Å²) < 4.78 is 27.1. The van der Waals surface area contributed by atoms with Crippen LogP contribution in [0.5, 0.6) is 0 Å². The van der Waals surface area contributed by atoms with Crippen molar-refractivity contribution >= 4 is 27.3 Å². The van der Waals surface area contributed by atoms with Gasteiger partial charge >= 0.3 is 0 Å². The maximum Gasteiger partial charge on any atom is 0.215 e. The Morgan fingerprint density at radius 1 is 1.11 bits per heavy atom. The molecule has 1 saturated carbocycles. The Hall–Kier alpha value is -3.99. The molecule has 1 aliphatic carbocycles. The molecule has 0 unspecified atom stereocenters. The molecule has 4 aromatic heterocycles. The van der Waals surface area contributed by atoms with Crippen LogP contribution < -0.4 is 5.32 Å². The molecule has 11 heteroatoms. The van der Waals surface area contributed by atoms with E-state index < -0.39 is 9.84 Å². The maximum atomic E-state index is 11.7. The van der Waals surface area contributed by atoms with Crippen molar-refractivity contribution < 1.29 is 8.42 Å². The molecule has 35 heavy (non-hydrogen) atoms. The van der Waals surface area contributed by atoms with Crippen LogP contribution in [0, 0.1) is 6.92 Å². The minimum absolute atomic E-state index is 0.302. The summed E-state index contributed by atoms with van der Waals surface area (Å²) in [6.45, 7) is 2.46. The van der Waals surface area contributed by atoms with Crippen LogP contribution in [0.25, 0.3) is 16.9 Å². The molecule has 0 amide bonds. The third-order valence-electron chi connectivity index (χ3n) is 6.05. The molecule has 0 bridgehead atoms. The number of rotatable bonds is 7. The fourth-order valence-corrected chi connectivity index (χ4v) is 4.71. The van der Waals surface area contributed by atoms with Crippen molar-refractivity contribution in [2.24, 2.45) is 0 Å². The highest BCUT2D eigenvalue weighted by Gasteiger charge is 2.25. The summed E-state index contributed by atoms with van der Waals surface area (Å²) in [6.07, 6.45) is 9.23. The first-order valence-corrected chi connectivity index (χ1v) is 13.2. The Labute approximate surface area is 202 Å². The van der Waals surface area contributed by atoms with Crippen LogP contribution in [0.15, 0.2) is 59.9 Å². The van der Waals surface area contributed by atoms with E-state index in [4.69, 9.17) is 4.98 Å². The largest absolute Gasteiger partial charge is 0.308 e. The molecule has 1 fully saturated rings. The summed E-state index contributed by atoms with van der Waals surface area (Å²) in [5.74, 6) is 1.93. The Bertz CT molecular complexity index is 1640. The second-order valence-electron chi connectivity index (χ2n) is 9.03. The summed E-state index contributed by atoms with van der Waals surface area (Å²) in [6, 6.07) is 10.8. The summed E-state index contributed by atoms with van der Waals surface area (Å²) in [5, 5.41) is 15.3. The van der Waals surface area contributed by atoms with E-state index in [9.17, 15) is 8.42 Å². The summed E-state index contributed by atoms with van der Waals surface area (Å²) in [4.78, 5) is 9.77. The average molecular weight is 489 g/mol. The van der Waals surface area contributed by atoms with E-state index in [0.29, 0.717) is 23.3 Å². The van der Waals surface area contributed by atoms with Gasteiger partial charge in [0, 0.05) is 48.0 Å². The molecular formula is C24H24N8O2S. The molecular weight excluding hydrogens is 464 g/mol. The average Bonchev–Trinajstić information content (AvgIpc) is 3.19. The molecule has 178 valence electrons. The van der Waals surface area contributed by atoms with Crippen molar-refractivity contribution in [3.05, 3.63) is 71.9 Å². The third kappa shape index (κ3) is 4.42. The van der Waals surface area contributed by atoms with Crippen LogP contribution in [0.4, 0.5) is 11.8 Å².